The number of carbonyl (C=O) groups excluding carboxylic acids is 1. The summed E-state index contributed by atoms with van der Waals surface area (Å²) >= 11 is 6.20. The molecule has 0 fully saturated rings. The number of halogens is 1. The molecule has 148 valence electrons. The molecule has 3 aromatic rings. The smallest absolute Gasteiger partial charge is 0.292 e. The van der Waals surface area contributed by atoms with Crippen LogP contribution in [0.2, 0.25) is 5.02 Å². The second-order valence-electron chi connectivity index (χ2n) is 6.10. The van der Waals surface area contributed by atoms with Crippen molar-refractivity contribution < 1.29 is 9.72 Å². The lowest BCUT2D eigenvalue weighted by Gasteiger charge is -2.11. The first kappa shape index (κ1) is 20.0. The number of aromatic nitrogens is 2. The molecule has 10 heteroatoms. The SMILES string of the molecule is CC(=O)Nc1cccc(CNc2cnn(-c3ccc([N+](=O)[O-])cc3)c(=O)c2Cl)c1. The summed E-state index contributed by atoms with van der Waals surface area (Å²) in [6.07, 6.45) is 1.41. The van der Waals surface area contributed by atoms with Crippen molar-refractivity contribution in [3.8, 4) is 5.69 Å². The number of non-ortho nitro benzene ring substituents is 1. The highest BCUT2D eigenvalue weighted by Gasteiger charge is 2.12. The van der Waals surface area contributed by atoms with Crippen molar-refractivity contribution in [1.29, 1.82) is 0 Å². The Morgan fingerprint density at radius 2 is 1.97 bits per heavy atom. The van der Waals surface area contributed by atoms with Crippen LogP contribution >= 0.6 is 11.6 Å². The van der Waals surface area contributed by atoms with E-state index in [1.165, 1.54) is 37.4 Å². The van der Waals surface area contributed by atoms with Crippen LogP contribution in [0.25, 0.3) is 5.69 Å². The molecule has 0 saturated heterocycles. The minimum absolute atomic E-state index is 0.0589. The van der Waals surface area contributed by atoms with Crippen LogP contribution in [0.5, 0.6) is 0 Å². The summed E-state index contributed by atoms with van der Waals surface area (Å²) in [5.41, 5.74) is 1.59. The lowest BCUT2D eigenvalue weighted by atomic mass is 10.2. The molecule has 0 aliphatic carbocycles. The number of amides is 1. The van der Waals surface area contributed by atoms with Gasteiger partial charge in [-0.3, -0.25) is 19.7 Å². The average Bonchev–Trinajstić information content (AvgIpc) is 2.69. The van der Waals surface area contributed by atoms with Crippen LogP contribution in [0.1, 0.15) is 12.5 Å². The molecular weight excluding hydrogens is 398 g/mol. The highest BCUT2D eigenvalue weighted by atomic mass is 35.5. The van der Waals surface area contributed by atoms with Gasteiger partial charge in [-0.25, -0.2) is 0 Å². The summed E-state index contributed by atoms with van der Waals surface area (Å²) in [6.45, 7) is 1.78. The molecule has 0 bridgehead atoms. The fourth-order valence-corrected chi connectivity index (χ4v) is 2.81. The van der Waals surface area contributed by atoms with E-state index in [-0.39, 0.29) is 16.6 Å². The maximum Gasteiger partial charge on any atom is 0.292 e. The molecule has 0 radical (unpaired) electrons. The van der Waals surface area contributed by atoms with Crippen LogP contribution < -0.4 is 16.2 Å². The van der Waals surface area contributed by atoms with E-state index in [0.717, 1.165) is 10.2 Å². The van der Waals surface area contributed by atoms with Crippen LogP contribution in [0, 0.1) is 10.1 Å². The van der Waals surface area contributed by atoms with Gasteiger partial charge in [-0.1, -0.05) is 23.7 Å². The largest absolute Gasteiger partial charge is 0.378 e. The van der Waals surface area contributed by atoms with Crippen LogP contribution in [-0.4, -0.2) is 20.6 Å². The van der Waals surface area contributed by atoms with Gasteiger partial charge in [-0.05, 0) is 29.8 Å². The summed E-state index contributed by atoms with van der Waals surface area (Å²) < 4.78 is 1.06. The maximum absolute atomic E-state index is 12.5. The molecule has 1 aromatic heterocycles. The molecule has 0 aliphatic heterocycles. The van der Waals surface area contributed by atoms with E-state index in [1.807, 2.05) is 6.07 Å². The zero-order valence-electron chi connectivity index (χ0n) is 15.3. The first-order valence-corrected chi connectivity index (χ1v) is 8.86. The normalized spacial score (nSPS) is 10.4. The third-order valence-corrected chi connectivity index (χ3v) is 4.32. The van der Waals surface area contributed by atoms with Crippen LogP contribution in [-0.2, 0) is 11.3 Å². The van der Waals surface area contributed by atoms with Crippen molar-refractivity contribution >= 4 is 34.6 Å². The number of carbonyl (C=O) groups is 1. The van der Waals surface area contributed by atoms with E-state index < -0.39 is 10.5 Å². The molecule has 29 heavy (non-hydrogen) atoms. The van der Waals surface area contributed by atoms with E-state index in [4.69, 9.17) is 11.6 Å². The van der Waals surface area contributed by atoms with E-state index in [2.05, 4.69) is 15.7 Å². The standard InChI is InChI=1S/C19H16ClN5O4/c1-12(26)23-14-4-2-3-13(9-14)10-21-17-11-22-24(19(27)18(17)20)15-5-7-16(8-6-15)25(28)29/h2-9,11,21H,10H2,1H3,(H,23,26). The number of hydrogen-bond acceptors (Lipinski definition) is 6. The zero-order valence-corrected chi connectivity index (χ0v) is 16.0. The highest BCUT2D eigenvalue weighted by molar-refractivity contribution is 6.32. The lowest BCUT2D eigenvalue weighted by Crippen LogP contribution is -2.22. The Hall–Kier alpha value is -3.72. The van der Waals surface area contributed by atoms with Crippen molar-refractivity contribution in [1.82, 2.24) is 9.78 Å². The molecule has 3 rings (SSSR count). The summed E-state index contributed by atoms with van der Waals surface area (Å²) in [4.78, 5) is 33.9. The van der Waals surface area contributed by atoms with Crippen molar-refractivity contribution in [2.45, 2.75) is 13.5 Å². The molecule has 0 aliphatic rings. The Bertz CT molecular complexity index is 1130. The van der Waals surface area contributed by atoms with Gasteiger partial charge in [0.25, 0.3) is 11.2 Å². The van der Waals surface area contributed by atoms with Gasteiger partial charge in [-0.15, -0.1) is 0 Å². The predicted octanol–water partition coefficient (Wildman–Crippen LogP) is 3.36. The zero-order chi connectivity index (χ0) is 21.0. The molecule has 1 heterocycles. The average molecular weight is 414 g/mol. The van der Waals surface area contributed by atoms with Gasteiger partial charge in [0, 0.05) is 31.3 Å². The lowest BCUT2D eigenvalue weighted by molar-refractivity contribution is -0.384. The molecule has 0 atom stereocenters. The van der Waals surface area contributed by atoms with E-state index in [0.29, 0.717) is 23.6 Å². The third-order valence-electron chi connectivity index (χ3n) is 3.95. The number of nitro groups is 1. The number of benzene rings is 2. The van der Waals surface area contributed by atoms with Gasteiger partial charge in [0.1, 0.15) is 5.02 Å². The molecule has 9 nitrogen and oxygen atoms in total. The third kappa shape index (κ3) is 4.77. The minimum atomic E-state index is -0.558. The molecule has 0 unspecified atom stereocenters. The van der Waals surface area contributed by atoms with Crippen molar-refractivity contribution in [2.75, 3.05) is 10.6 Å². The number of nitrogens with one attached hydrogen (secondary N) is 2. The Morgan fingerprint density at radius 1 is 1.24 bits per heavy atom. The Balaban J connectivity index is 1.78. The second kappa shape index (κ2) is 8.53. The Morgan fingerprint density at radius 3 is 2.62 bits per heavy atom. The second-order valence-corrected chi connectivity index (χ2v) is 6.48. The fraction of sp³-hybridized carbons (Fsp3) is 0.105. The van der Waals surface area contributed by atoms with Crippen LogP contribution in [0.15, 0.2) is 59.5 Å². The summed E-state index contributed by atoms with van der Waals surface area (Å²) in [7, 11) is 0. The van der Waals surface area contributed by atoms with Gasteiger partial charge in [0.15, 0.2) is 0 Å². The van der Waals surface area contributed by atoms with Gasteiger partial charge < -0.3 is 10.6 Å². The number of anilines is 2. The monoisotopic (exact) mass is 413 g/mol. The maximum atomic E-state index is 12.5. The topological polar surface area (TPSA) is 119 Å². The van der Waals surface area contributed by atoms with Crippen LogP contribution in [0.3, 0.4) is 0 Å². The molecule has 0 saturated carbocycles. The number of hydrogen-bond donors (Lipinski definition) is 2. The Kier molecular flexibility index (Phi) is 5.89. The van der Waals surface area contributed by atoms with Crippen LogP contribution in [0.4, 0.5) is 17.1 Å². The van der Waals surface area contributed by atoms with Gasteiger partial charge in [0.05, 0.1) is 22.5 Å². The summed E-state index contributed by atoms with van der Waals surface area (Å²) in [6, 6.07) is 12.6. The fourth-order valence-electron chi connectivity index (χ4n) is 2.62. The summed E-state index contributed by atoms with van der Waals surface area (Å²) in [5, 5.41) is 20.5. The van der Waals surface area contributed by atoms with E-state index in [9.17, 15) is 19.7 Å². The molecule has 2 aromatic carbocycles. The number of nitrogens with zero attached hydrogens (tertiary/aromatic N) is 3. The molecule has 0 spiro atoms. The predicted molar refractivity (Wildman–Crippen MR) is 110 cm³/mol. The molecular formula is C19H16ClN5O4. The van der Waals surface area contributed by atoms with Crippen molar-refractivity contribution in [3.05, 3.63) is 85.8 Å². The van der Waals surface area contributed by atoms with Gasteiger partial charge >= 0.3 is 0 Å². The number of rotatable bonds is 6. The minimum Gasteiger partial charge on any atom is -0.378 e. The Labute approximate surface area is 170 Å². The van der Waals surface area contributed by atoms with Crippen molar-refractivity contribution in [2.24, 2.45) is 0 Å². The number of nitro benzene ring substituents is 1. The first-order chi connectivity index (χ1) is 13.8. The van der Waals surface area contributed by atoms with E-state index in [1.54, 1.807) is 18.2 Å². The molecule has 2 N–H and O–H groups in total. The summed E-state index contributed by atoms with van der Waals surface area (Å²) in [5.74, 6) is -0.169. The van der Waals surface area contributed by atoms with Gasteiger partial charge in [-0.2, -0.15) is 9.78 Å². The molecule has 1 amide bonds. The quantitative estimate of drug-likeness (QED) is 0.472. The first-order valence-electron chi connectivity index (χ1n) is 8.48. The highest BCUT2D eigenvalue weighted by Crippen LogP contribution is 2.20. The van der Waals surface area contributed by atoms with E-state index >= 15 is 0 Å². The van der Waals surface area contributed by atoms with Gasteiger partial charge in [0.2, 0.25) is 5.91 Å². The van der Waals surface area contributed by atoms with Crippen molar-refractivity contribution in [3.63, 3.8) is 0 Å².